The molecule has 164 valence electrons. The van der Waals surface area contributed by atoms with E-state index in [0.717, 1.165) is 0 Å². The quantitative estimate of drug-likeness (QED) is 0.536. The topological polar surface area (TPSA) is 78.3 Å². The summed E-state index contributed by atoms with van der Waals surface area (Å²) >= 11 is 0. The standard InChI is InChI=1S/C22H22F2N2O4S/c1-2-31(28,29)30-17-7-5-6-15(14-17)20-18-8-3-4-9-19(18)21(27)26(25-20)16-10-12-22(23,24)13-11-16/h3-9,14,16H,2,10-13H2,1H3. The molecule has 6 nitrogen and oxygen atoms in total. The number of halogens is 2. The van der Waals surface area contributed by atoms with Crippen molar-refractivity contribution in [3.8, 4) is 17.0 Å². The van der Waals surface area contributed by atoms with E-state index in [1.165, 1.54) is 17.7 Å². The lowest BCUT2D eigenvalue weighted by Crippen LogP contribution is -2.33. The molecule has 0 bridgehead atoms. The van der Waals surface area contributed by atoms with Gasteiger partial charge in [0.2, 0.25) is 5.92 Å². The van der Waals surface area contributed by atoms with E-state index in [-0.39, 0.29) is 42.7 Å². The zero-order chi connectivity index (χ0) is 22.2. The Morgan fingerprint density at radius 2 is 1.77 bits per heavy atom. The van der Waals surface area contributed by atoms with Gasteiger partial charge in [0.05, 0.1) is 22.9 Å². The van der Waals surface area contributed by atoms with E-state index in [2.05, 4.69) is 5.10 Å². The summed E-state index contributed by atoms with van der Waals surface area (Å²) in [6, 6.07) is 13.0. The molecule has 0 amide bonds. The Labute approximate surface area is 178 Å². The number of benzene rings is 2. The molecule has 1 aliphatic rings. The van der Waals surface area contributed by atoms with Crippen LogP contribution in [-0.2, 0) is 10.1 Å². The van der Waals surface area contributed by atoms with E-state index in [9.17, 15) is 22.0 Å². The van der Waals surface area contributed by atoms with Gasteiger partial charge < -0.3 is 4.18 Å². The van der Waals surface area contributed by atoms with Crippen LogP contribution in [0.25, 0.3) is 22.0 Å². The molecular weight excluding hydrogens is 426 g/mol. The Bertz CT molecular complexity index is 1280. The van der Waals surface area contributed by atoms with Crippen molar-refractivity contribution in [3.63, 3.8) is 0 Å². The molecular formula is C22H22F2N2O4S. The van der Waals surface area contributed by atoms with Crippen LogP contribution in [0.15, 0.2) is 53.3 Å². The van der Waals surface area contributed by atoms with Crippen molar-refractivity contribution < 1.29 is 21.4 Å². The van der Waals surface area contributed by atoms with Gasteiger partial charge in [-0.15, -0.1) is 0 Å². The van der Waals surface area contributed by atoms with Crippen molar-refractivity contribution in [1.29, 1.82) is 0 Å². The first-order valence-corrected chi connectivity index (χ1v) is 11.7. The first-order valence-electron chi connectivity index (χ1n) is 10.1. The molecule has 2 aromatic carbocycles. The third kappa shape index (κ3) is 4.46. The molecule has 1 saturated carbocycles. The highest BCUT2D eigenvalue weighted by Gasteiger charge is 2.36. The summed E-state index contributed by atoms with van der Waals surface area (Å²) < 4.78 is 57.4. The van der Waals surface area contributed by atoms with E-state index in [0.29, 0.717) is 22.0 Å². The normalized spacial score (nSPS) is 17.0. The van der Waals surface area contributed by atoms with Gasteiger partial charge in [0.15, 0.2) is 0 Å². The monoisotopic (exact) mass is 448 g/mol. The maximum atomic E-state index is 13.6. The molecule has 0 aliphatic heterocycles. The predicted molar refractivity (Wildman–Crippen MR) is 114 cm³/mol. The lowest BCUT2D eigenvalue weighted by atomic mass is 9.92. The minimum Gasteiger partial charge on any atom is -0.382 e. The predicted octanol–water partition coefficient (Wildman–Crippen LogP) is 4.54. The summed E-state index contributed by atoms with van der Waals surface area (Å²) in [6.07, 6.45) is -0.247. The summed E-state index contributed by atoms with van der Waals surface area (Å²) in [4.78, 5) is 13.1. The van der Waals surface area contributed by atoms with E-state index >= 15 is 0 Å². The second kappa shape index (κ2) is 8.03. The molecule has 0 N–H and O–H groups in total. The Kier molecular flexibility index (Phi) is 5.55. The third-order valence-electron chi connectivity index (χ3n) is 5.55. The highest BCUT2D eigenvalue weighted by atomic mass is 32.2. The fourth-order valence-corrected chi connectivity index (χ4v) is 4.35. The Morgan fingerprint density at radius 1 is 1.10 bits per heavy atom. The van der Waals surface area contributed by atoms with Crippen molar-refractivity contribution in [2.75, 3.05) is 5.75 Å². The van der Waals surface area contributed by atoms with Crippen LogP contribution >= 0.6 is 0 Å². The maximum absolute atomic E-state index is 13.6. The van der Waals surface area contributed by atoms with Crippen LogP contribution in [0.2, 0.25) is 0 Å². The third-order valence-corrected chi connectivity index (χ3v) is 6.70. The summed E-state index contributed by atoms with van der Waals surface area (Å²) in [5.74, 6) is -2.74. The number of hydrogen-bond donors (Lipinski definition) is 0. The minimum atomic E-state index is -3.70. The lowest BCUT2D eigenvalue weighted by Gasteiger charge is -2.29. The van der Waals surface area contributed by atoms with Gasteiger partial charge >= 0.3 is 10.1 Å². The zero-order valence-corrected chi connectivity index (χ0v) is 17.7. The second-order valence-corrected chi connectivity index (χ2v) is 9.55. The molecule has 3 aromatic rings. The van der Waals surface area contributed by atoms with Gasteiger partial charge in [-0.05, 0) is 38.0 Å². The average Bonchev–Trinajstić information content (AvgIpc) is 2.74. The van der Waals surface area contributed by atoms with Crippen molar-refractivity contribution in [2.24, 2.45) is 0 Å². The van der Waals surface area contributed by atoms with Crippen molar-refractivity contribution in [3.05, 3.63) is 58.9 Å². The van der Waals surface area contributed by atoms with Gasteiger partial charge in [-0.25, -0.2) is 13.5 Å². The van der Waals surface area contributed by atoms with Gasteiger partial charge in [-0.2, -0.15) is 13.5 Å². The van der Waals surface area contributed by atoms with Crippen LogP contribution in [0.3, 0.4) is 0 Å². The van der Waals surface area contributed by atoms with Gasteiger partial charge in [0.1, 0.15) is 5.75 Å². The molecule has 0 radical (unpaired) electrons. The Morgan fingerprint density at radius 3 is 2.45 bits per heavy atom. The van der Waals surface area contributed by atoms with Crippen molar-refractivity contribution in [1.82, 2.24) is 9.78 Å². The summed E-state index contributed by atoms with van der Waals surface area (Å²) in [5.41, 5.74) is 0.706. The van der Waals surface area contributed by atoms with Gasteiger partial charge in [-0.1, -0.05) is 30.3 Å². The van der Waals surface area contributed by atoms with Gasteiger partial charge in [0.25, 0.3) is 5.56 Å². The van der Waals surface area contributed by atoms with Gasteiger partial charge in [-0.3, -0.25) is 4.79 Å². The summed E-state index contributed by atoms with van der Waals surface area (Å²) in [5, 5.41) is 5.58. The molecule has 0 saturated heterocycles. The number of rotatable bonds is 5. The van der Waals surface area contributed by atoms with Crippen molar-refractivity contribution >= 4 is 20.9 Å². The molecule has 1 heterocycles. The smallest absolute Gasteiger partial charge is 0.308 e. The first-order chi connectivity index (χ1) is 14.7. The van der Waals surface area contributed by atoms with Crippen LogP contribution < -0.4 is 9.74 Å². The van der Waals surface area contributed by atoms with Crippen LogP contribution in [0.5, 0.6) is 5.75 Å². The van der Waals surface area contributed by atoms with E-state index < -0.39 is 22.1 Å². The Hall–Kier alpha value is -2.81. The van der Waals surface area contributed by atoms with E-state index in [1.54, 1.807) is 42.5 Å². The molecule has 0 spiro atoms. The number of aromatic nitrogens is 2. The number of fused-ring (bicyclic) bond motifs is 1. The molecule has 1 fully saturated rings. The fourth-order valence-electron chi connectivity index (χ4n) is 3.84. The van der Waals surface area contributed by atoms with E-state index in [4.69, 9.17) is 4.18 Å². The average molecular weight is 448 g/mol. The molecule has 0 unspecified atom stereocenters. The maximum Gasteiger partial charge on any atom is 0.308 e. The highest BCUT2D eigenvalue weighted by molar-refractivity contribution is 7.87. The largest absolute Gasteiger partial charge is 0.382 e. The second-order valence-electron chi connectivity index (χ2n) is 7.69. The van der Waals surface area contributed by atoms with Crippen molar-refractivity contribution in [2.45, 2.75) is 44.6 Å². The van der Waals surface area contributed by atoms with Gasteiger partial charge in [0, 0.05) is 23.8 Å². The number of alkyl halides is 2. The molecule has 9 heteroatoms. The number of hydrogen-bond acceptors (Lipinski definition) is 5. The SMILES string of the molecule is CCS(=O)(=O)Oc1cccc(-c2nn(C3CCC(F)(F)CC3)c(=O)c3ccccc23)c1. The molecule has 1 aliphatic carbocycles. The molecule has 4 rings (SSSR count). The molecule has 31 heavy (non-hydrogen) atoms. The summed E-state index contributed by atoms with van der Waals surface area (Å²) in [7, 11) is -3.70. The summed E-state index contributed by atoms with van der Waals surface area (Å²) in [6.45, 7) is 1.48. The molecule has 0 atom stereocenters. The van der Waals surface area contributed by atoms with Crippen LogP contribution in [0.1, 0.15) is 38.6 Å². The van der Waals surface area contributed by atoms with Crippen LogP contribution in [0.4, 0.5) is 8.78 Å². The van der Waals surface area contributed by atoms with Crippen LogP contribution in [0, 0.1) is 0 Å². The fraction of sp³-hybridized carbons (Fsp3) is 0.364. The highest BCUT2D eigenvalue weighted by Crippen LogP contribution is 2.38. The Balaban J connectivity index is 1.83. The zero-order valence-electron chi connectivity index (χ0n) is 16.9. The minimum absolute atomic E-state index is 0.139. The first kappa shape index (κ1) is 21.4. The van der Waals surface area contributed by atoms with E-state index in [1.807, 2.05) is 0 Å². The lowest BCUT2D eigenvalue weighted by molar-refractivity contribution is -0.0453. The molecule has 1 aromatic heterocycles. The number of nitrogens with zero attached hydrogens (tertiary/aromatic N) is 2. The van der Waals surface area contributed by atoms with Crippen LogP contribution in [-0.4, -0.2) is 29.9 Å².